The number of cyclic esters (lactones) is 1. The molecule has 2 aromatic rings. The summed E-state index contributed by atoms with van der Waals surface area (Å²) in [7, 11) is 0. The van der Waals surface area contributed by atoms with Crippen LogP contribution in [-0.2, 0) is 10.3 Å². The van der Waals surface area contributed by atoms with Crippen LogP contribution in [0, 0.1) is 0 Å². The average Bonchev–Trinajstić information content (AvgIpc) is 2.72. The van der Waals surface area contributed by atoms with Gasteiger partial charge in [0.05, 0.1) is 11.6 Å². The summed E-state index contributed by atoms with van der Waals surface area (Å²) in [5.41, 5.74) is 6.15. The van der Waals surface area contributed by atoms with Crippen molar-refractivity contribution in [1.82, 2.24) is 4.90 Å². The number of benzene rings is 2. The molecule has 4 N–H and O–H groups in total. The van der Waals surface area contributed by atoms with Crippen LogP contribution in [0.1, 0.15) is 56.3 Å². The molecule has 0 radical (unpaired) electrons. The van der Waals surface area contributed by atoms with Gasteiger partial charge in [-0.05, 0) is 31.9 Å². The summed E-state index contributed by atoms with van der Waals surface area (Å²) in [6.07, 6.45) is 0.466. The van der Waals surface area contributed by atoms with Gasteiger partial charge < -0.3 is 25.7 Å². The minimum absolute atomic E-state index is 0.0332. The Morgan fingerprint density at radius 2 is 1.87 bits per heavy atom. The monoisotopic (exact) mass is 411 g/mol. The zero-order valence-corrected chi connectivity index (χ0v) is 17.6. The topological polar surface area (TPSA) is 108 Å². The number of amides is 1. The van der Waals surface area contributed by atoms with Crippen LogP contribution < -0.4 is 5.73 Å². The molecule has 1 unspecified atom stereocenters. The van der Waals surface area contributed by atoms with Crippen molar-refractivity contribution in [2.75, 3.05) is 6.54 Å². The summed E-state index contributed by atoms with van der Waals surface area (Å²) in [5.74, 6) is 0.0332. The van der Waals surface area contributed by atoms with Gasteiger partial charge in [-0.1, -0.05) is 59.8 Å². The Kier molecular flexibility index (Phi) is 6.03. The second-order valence-electron chi connectivity index (χ2n) is 8.44. The first-order chi connectivity index (χ1) is 14.1. The maximum absolute atomic E-state index is 13.1. The second-order valence-corrected chi connectivity index (χ2v) is 8.44. The van der Waals surface area contributed by atoms with Crippen LogP contribution in [0.2, 0.25) is 0 Å². The largest absolute Gasteiger partial charge is 0.438 e. The van der Waals surface area contributed by atoms with Gasteiger partial charge in [0.2, 0.25) is 0 Å². The fourth-order valence-corrected chi connectivity index (χ4v) is 4.06. The molecule has 1 heterocycles. The maximum Gasteiger partial charge on any atom is 0.411 e. The number of carbonyl (C=O) groups is 1. The highest BCUT2D eigenvalue weighted by Crippen LogP contribution is 2.42. The molecule has 7 nitrogen and oxygen atoms in total. The third-order valence-electron chi connectivity index (χ3n) is 5.56. The zero-order valence-electron chi connectivity index (χ0n) is 17.6. The van der Waals surface area contributed by atoms with Gasteiger partial charge >= 0.3 is 6.09 Å². The highest BCUT2D eigenvalue weighted by atomic mass is 16.6. The zero-order chi connectivity index (χ0) is 21.9. The molecule has 30 heavy (non-hydrogen) atoms. The van der Waals surface area contributed by atoms with E-state index in [0.717, 1.165) is 11.1 Å². The van der Waals surface area contributed by atoms with Gasteiger partial charge in [-0.3, -0.25) is 0 Å². The number of carbonyl (C=O) groups excluding carboxylic acids is 1. The number of oxime groups is 1. The van der Waals surface area contributed by atoms with Crippen molar-refractivity contribution in [3.05, 3.63) is 71.3 Å². The quantitative estimate of drug-likeness (QED) is 0.290. The fourth-order valence-electron chi connectivity index (χ4n) is 4.06. The molecule has 0 aromatic heterocycles. The van der Waals surface area contributed by atoms with Crippen molar-refractivity contribution in [2.24, 2.45) is 10.9 Å². The van der Waals surface area contributed by atoms with Gasteiger partial charge in [-0.15, -0.1) is 0 Å². The van der Waals surface area contributed by atoms with Crippen LogP contribution in [0.5, 0.6) is 0 Å². The summed E-state index contributed by atoms with van der Waals surface area (Å²) in [4.78, 5) is 14.7. The molecule has 1 aliphatic heterocycles. The molecule has 1 aliphatic rings. The van der Waals surface area contributed by atoms with E-state index in [9.17, 15) is 9.90 Å². The number of nitrogens with two attached hydrogens (primary N) is 1. The first-order valence-corrected chi connectivity index (χ1v) is 10.0. The number of nitrogens with zero attached hydrogens (tertiary/aromatic N) is 2. The molecule has 160 valence electrons. The van der Waals surface area contributed by atoms with Crippen molar-refractivity contribution < 1.29 is 19.8 Å². The van der Waals surface area contributed by atoms with E-state index in [1.54, 1.807) is 30.9 Å². The third-order valence-corrected chi connectivity index (χ3v) is 5.56. The van der Waals surface area contributed by atoms with Crippen LogP contribution in [0.4, 0.5) is 4.79 Å². The molecule has 3 rings (SSSR count). The van der Waals surface area contributed by atoms with E-state index in [1.807, 2.05) is 49.4 Å². The molecule has 0 bridgehead atoms. The molecule has 2 atom stereocenters. The highest BCUT2D eigenvalue weighted by molar-refractivity contribution is 5.97. The maximum atomic E-state index is 13.1. The molecule has 2 aromatic carbocycles. The van der Waals surface area contributed by atoms with Crippen molar-refractivity contribution >= 4 is 11.9 Å². The van der Waals surface area contributed by atoms with Gasteiger partial charge in [0, 0.05) is 24.9 Å². The smallest absolute Gasteiger partial charge is 0.411 e. The van der Waals surface area contributed by atoms with Crippen molar-refractivity contribution in [3.63, 3.8) is 0 Å². The number of aliphatic hydroxyl groups is 1. The van der Waals surface area contributed by atoms with E-state index < -0.39 is 17.3 Å². The van der Waals surface area contributed by atoms with E-state index in [-0.39, 0.29) is 11.9 Å². The molecule has 1 saturated heterocycles. The number of rotatable bonds is 6. The van der Waals surface area contributed by atoms with Gasteiger partial charge in [-0.2, -0.15) is 0 Å². The summed E-state index contributed by atoms with van der Waals surface area (Å²) in [6.45, 7) is 5.88. The minimum atomic E-state index is -0.992. The Balaban J connectivity index is 1.82. The van der Waals surface area contributed by atoms with Gasteiger partial charge in [0.25, 0.3) is 0 Å². The Morgan fingerprint density at radius 1 is 1.23 bits per heavy atom. The lowest BCUT2D eigenvalue weighted by molar-refractivity contribution is -0.101. The van der Waals surface area contributed by atoms with Crippen molar-refractivity contribution in [1.29, 1.82) is 0 Å². The van der Waals surface area contributed by atoms with Gasteiger partial charge in [0.15, 0.2) is 5.84 Å². The SMILES string of the molecule is C[C@@H](c1ccc(/C(N)=N/O)cc1)N1CCC(CC(C)(C)O)(c2ccccc2)OC1=O. The highest BCUT2D eigenvalue weighted by Gasteiger charge is 2.46. The Labute approximate surface area is 176 Å². The number of hydrogen-bond acceptors (Lipinski definition) is 5. The summed E-state index contributed by atoms with van der Waals surface area (Å²) >= 11 is 0. The molecular formula is C23H29N3O4. The number of hydrogen-bond donors (Lipinski definition) is 3. The van der Waals surface area contributed by atoms with E-state index >= 15 is 0 Å². The number of ether oxygens (including phenoxy) is 1. The normalized spacial score (nSPS) is 21.3. The molecule has 0 spiro atoms. The van der Waals surface area contributed by atoms with E-state index in [4.69, 9.17) is 15.7 Å². The second kappa shape index (κ2) is 8.36. The first-order valence-electron chi connectivity index (χ1n) is 10.0. The van der Waals surface area contributed by atoms with Crippen molar-refractivity contribution in [2.45, 2.75) is 50.9 Å². The van der Waals surface area contributed by atoms with Gasteiger partial charge in [-0.25, -0.2) is 4.79 Å². The molecule has 1 fully saturated rings. The Bertz CT molecular complexity index is 906. The lowest BCUT2D eigenvalue weighted by atomic mass is 9.80. The summed E-state index contributed by atoms with van der Waals surface area (Å²) < 4.78 is 6.03. The molecular weight excluding hydrogens is 382 g/mol. The van der Waals surface area contributed by atoms with E-state index in [2.05, 4.69) is 5.16 Å². The third kappa shape index (κ3) is 4.57. The first kappa shape index (κ1) is 21.6. The standard InChI is InChI=1S/C23H29N3O4/c1-16(17-9-11-18(12-10-17)20(24)25-29)26-14-13-23(30-21(26)27,15-22(2,3)28)19-7-5-4-6-8-19/h4-12,16,28-29H,13-15H2,1-3H3,(H2,24,25)/t16-,23?/m0/s1. The summed E-state index contributed by atoms with van der Waals surface area (Å²) in [5, 5.41) is 22.3. The van der Waals surface area contributed by atoms with E-state index in [0.29, 0.717) is 24.9 Å². The van der Waals surface area contributed by atoms with Crippen LogP contribution in [0.3, 0.4) is 0 Å². The fraction of sp³-hybridized carbons (Fsp3) is 0.391. The summed E-state index contributed by atoms with van der Waals surface area (Å²) in [6, 6.07) is 16.6. The van der Waals surface area contributed by atoms with Crippen molar-refractivity contribution in [3.8, 4) is 0 Å². The average molecular weight is 412 g/mol. The Morgan fingerprint density at radius 3 is 2.40 bits per heavy atom. The molecule has 7 heteroatoms. The lowest BCUT2D eigenvalue weighted by Crippen LogP contribution is -2.51. The van der Waals surface area contributed by atoms with Crippen LogP contribution in [0.15, 0.2) is 59.8 Å². The van der Waals surface area contributed by atoms with Crippen LogP contribution in [-0.4, -0.2) is 39.3 Å². The minimum Gasteiger partial charge on any atom is -0.438 e. The lowest BCUT2D eigenvalue weighted by Gasteiger charge is -2.45. The number of amidine groups is 1. The molecule has 0 saturated carbocycles. The Hall–Kier alpha value is -3.06. The van der Waals surface area contributed by atoms with Crippen LogP contribution in [0.25, 0.3) is 0 Å². The predicted octanol–water partition coefficient (Wildman–Crippen LogP) is 3.74. The van der Waals surface area contributed by atoms with Crippen LogP contribution >= 0.6 is 0 Å². The molecule has 1 amide bonds. The van der Waals surface area contributed by atoms with Gasteiger partial charge in [0.1, 0.15) is 5.60 Å². The van der Waals surface area contributed by atoms with E-state index in [1.165, 1.54) is 0 Å². The predicted molar refractivity (Wildman–Crippen MR) is 114 cm³/mol. The molecule has 0 aliphatic carbocycles.